The van der Waals surface area contributed by atoms with Crippen molar-refractivity contribution in [3.05, 3.63) is 12.4 Å². The number of hydrogen-bond acceptors (Lipinski definition) is 5. The lowest BCUT2D eigenvalue weighted by Crippen LogP contribution is -2.44. The summed E-state index contributed by atoms with van der Waals surface area (Å²) in [5.41, 5.74) is 0. The van der Waals surface area contributed by atoms with Gasteiger partial charge in [0.15, 0.2) is 5.16 Å². The van der Waals surface area contributed by atoms with Gasteiger partial charge in [0.05, 0.1) is 32.1 Å². The number of carboxylic acid groups (broad SMARTS) is 1. The molecule has 0 spiro atoms. The predicted molar refractivity (Wildman–Crippen MR) is 59.4 cm³/mol. The van der Waals surface area contributed by atoms with Crippen molar-refractivity contribution in [2.75, 3.05) is 37.1 Å². The van der Waals surface area contributed by atoms with Gasteiger partial charge in [0.25, 0.3) is 0 Å². The Kier molecular flexibility index (Phi) is 3.68. The molecular weight excluding hydrogens is 230 g/mol. The lowest BCUT2D eigenvalue weighted by molar-refractivity contribution is -0.133. The highest BCUT2D eigenvalue weighted by molar-refractivity contribution is 7.99. The van der Waals surface area contributed by atoms with Crippen LogP contribution < -0.4 is 5.01 Å². The summed E-state index contributed by atoms with van der Waals surface area (Å²) in [5, 5.41) is 11.4. The van der Waals surface area contributed by atoms with Crippen molar-refractivity contribution in [3.8, 4) is 0 Å². The van der Waals surface area contributed by atoms with Crippen LogP contribution in [0.5, 0.6) is 0 Å². The number of carboxylic acids is 1. The predicted octanol–water partition coefficient (Wildman–Crippen LogP) is 0.0280. The van der Waals surface area contributed by atoms with E-state index in [0.717, 1.165) is 13.1 Å². The largest absolute Gasteiger partial charge is 0.481 e. The molecule has 0 atom stereocenters. The molecule has 0 bridgehead atoms. The number of carbonyl (C=O) groups is 1. The van der Waals surface area contributed by atoms with Gasteiger partial charge < -0.3 is 14.9 Å². The molecule has 7 heteroatoms. The second-order valence-electron chi connectivity index (χ2n) is 3.30. The fourth-order valence-corrected chi connectivity index (χ4v) is 2.19. The molecule has 16 heavy (non-hydrogen) atoms. The van der Waals surface area contributed by atoms with Crippen molar-refractivity contribution in [2.45, 2.75) is 5.16 Å². The summed E-state index contributed by atoms with van der Waals surface area (Å²) in [6.07, 6.45) is 3.52. The highest BCUT2D eigenvalue weighted by atomic mass is 32.2. The molecule has 1 fully saturated rings. The Morgan fingerprint density at radius 2 is 2.31 bits per heavy atom. The van der Waals surface area contributed by atoms with Crippen LogP contribution in [0, 0.1) is 0 Å². The summed E-state index contributed by atoms with van der Waals surface area (Å²) in [6.45, 7) is 3.00. The number of hydrogen-bond donors (Lipinski definition) is 1. The Balaban J connectivity index is 2.02. The minimum Gasteiger partial charge on any atom is -0.481 e. The van der Waals surface area contributed by atoms with E-state index in [1.54, 1.807) is 6.20 Å². The normalized spacial score (nSPS) is 16.4. The Bertz CT molecular complexity index is 363. The van der Waals surface area contributed by atoms with Gasteiger partial charge in [-0.05, 0) is 0 Å². The number of imidazole rings is 1. The van der Waals surface area contributed by atoms with E-state index in [2.05, 4.69) is 9.99 Å². The number of rotatable bonds is 4. The molecule has 1 aromatic rings. The van der Waals surface area contributed by atoms with Gasteiger partial charge in [-0.3, -0.25) is 4.79 Å². The molecule has 0 aromatic carbocycles. The van der Waals surface area contributed by atoms with Crippen LogP contribution in [0.2, 0.25) is 0 Å². The Morgan fingerprint density at radius 1 is 1.56 bits per heavy atom. The zero-order valence-corrected chi connectivity index (χ0v) is 9.52. The van der Waals surface area contributed by atoms with E-state index >= 15 is 0 Å². The Morgan fingerprint density at radius 3 is 3.00 bits per heavy atom. The maximum atomic E-state index is 10.5. The highest BCUT2D eigenvalue weighted by Crippen LogP contribution is 2.16. The van der Waals surface area contributed by atoms with Crippen molar-refractivity contribution in [1.29, 1.82) is 0 Å². The molecule has 1 N–H and O–H groups in total. The molecule has 2 heterocycles. The summed E-state index contributed by atoms with van der Waals surface area (Å²) in [5.74, 6) is -0.803. The number of nitrogens with zero attached hydrogens (tertiary/aromatic N) is 3. The molecule has 1 aromatic heterocycles. The van der Waals surface area contributed by atoms with Gasteiger partial charge in [0.1, 0.15) is 0 Å². The van der Waals surface area contributed by atoms with Crippen molar-refractivity contribution >= 4 is 17.7 Å². The minimum atomic E-state index is -0.832. The van der Waals surface area contributed by atoms with Gasteiger partial charge in [0, 0.05) is 12.4 Å². The van der Waals surface area contributed by atoms with E-state index in [1.807, 2.05) is 10.9 Å². The molecule has 0 amide bonds. The lowest BCUT2D eigenvalue weighted by atomic mass is 10.5. The van der Waals surface area contributed by atoms with E-state index in [-0.39, 0.29) is 5.75 Å². The SMILES string of the molecule is O=C(O)CSc1nccn1N1CCOCC1. The van der Waals surface area contributed by atoms with Crippen molar-refractivity contribution in [2.24, 2.45) is 0 Å². The number of morpholine rings is 1. The van der Waals surface area contributed by atoms with Crippen molar-refractivity contribution in [3.63, 3.8) is 0 Å². The summed E-state index contributed by atoms with van der Waals surface area (Å²) >= 11 is 1.23. The van der Waals surface area contributed by atoms with Crippen molar-refractivity contribution in [1.82, 2.24) is 9.66 Å². The molecule has 0 aliphatic carbocycles. The van der Waals surface area contributed by atoms with Crippen LogP contribution in [0.15, 0.2) is 17.6 Å². The fraction of sp³-hybridized carbons (Fsp3) is 0.556. The number of aromatic nitrogens is 2. The number of aliphatic carboxylic acids is 1. The molecule has 0 saturated carbocycles. The average Bonchev–Trinajstić information content (AvgIpc) is 2.75. The second-order valence-corrected chi connectivity index (χ2v) is 4.25. The van der Waals surface area contributed by atoms with Gasteiger partial charge in [-0.25, -0.2) is 9.66 Å². The molecule has 88 valence electrons. The van der Waals surface area contributed by atoms with Crippen LogP contribution in [0.1, 0.15) is 0 Å². The Hall–Kier alpha value is -1.21. The van der Waals surface area contributed by atoms with Crippen LogP contribution in [-0.4, -0.2) is 52.8 Å². The minimum absolute atomic E-state index is 0.0291. The molecule has 0 unspecified atom stereocenters. The third-order valence-electron chi connectivity index (χ3n) is 2.21. The van der Waals surface area contributed by atoms with Crippen LogP contribution in [0.3, 0.4) is 0 Å². The maximum absolute atomic E-state index is 10.5. The zero-order valence-electron chi connectivity index (χ0n) is 8.70. The van der Waals surface area contributed by atoms with Gasteiger partial charge in [-0.1, -0.05) is 11.8 Å². The molecule has 1 aliphatic heterocycles. The van der Waals surface area contributed by atoms with Gasteiger partial charge in [-0.15, -0.1) is 0 Å². The van der Waals surface area contributed by atoms with E-state index in [0.29, 0.717) is 18.4 Å². The standard InChI is InChI=1S/C9H13N3O3S/c13-8(14)7-16-9-10-1-2-12(9)11-3-5-15-6-4-11/h1-2H,3-7H2,(H,13,14). The first-order valence-electron chi connectivity index (χ1n) is 4.98. The average molecular weight is 243 g/mol. The third-order valence-corrected chi connectivity index (χ3v) is 3.15. The summed E-state index contributed by atoms with van der Waals surface area (Å²) in [6, 6.07) is 0. The lowest BCUT2D eigenvalue weighted by Gasteiger charge is -2.30. The fourth-order valence-electron chi connectivity index (χ4n) is 1.50. The molecular formula is C9H13N3O3S. The van der Waals surface area contributed by atoms with Gasteiger partial charge in [0.2, 0.25) is 0 Å². The van der Waals surface area contributed by atoms with E-state index in [1.165, 1.54) is 11.8 Å². The maximum Gasteiger partial charge on any atom is 0.313 e. The molecule has 0 radical (unpaired) electrons. The zero-order chi connectivity index (χ0) is 11.4. The smallest absolute Gasteiger partial charge is 0.313 e. The Labute approximate surface area is 97.2 Å². The summed E-state index contributed by atoms with van der Waals surface area (Å²) < 4.78 is 7.16. The van der Waals surface area contributed by atoms with Crippen LogP contribution >= 0.6 is 11.8 Å². The van der Waals surface area contributed by atoms with Crippen LogP contribution in [0.4, 0.5) is 0 Å². The summed E-state index contributed by atoms with van der Waals surface area (Å²) in [7, 11) is 0. The van der Waals surface area contributed by atoms with Crippen LogP contribution in [0.25, 0.3) is 0 Å². The number of thioether (sulfide) groups is 1. The second kappa shape index (κ2) is 5.22. The van der Waals surface area contributed by atoms with E-state index < -0.39 is 5.97 Å². The first-order valence-corrected chi connectivity index (χ1v) is 5.97. The molecule has 1 aliphatic rings. The molecule has 2 rings (SSSR count). The third kappa shape index (κ3) is 2.67. The number of ether oxygens (including phenoxy) is 1. The molecule has 6 nitrogen and oxygen atoms in total. The van der Waals surface area contributed by atoms with Gasteiger partial charge in [-0.2, -0.15) is 0 Å². The molecule has 1 saturated heterocycles. The van der Waals surface area contributed by atoms with E-state index in [9.17, 15) is 4.79 Å². The van der Waals surface area contributed by atoms with Crippen LogP contribution in [-0.2, 0) is 9.53 Å². The summed E-state index contributed by atoms with van der Waals surface area (Å²) in [4.78, 5) is 14.6. The highest BCUT2D eigenvalue weighted by Gasteiger charge is 2.14. The first-order chi connectivity index (χ1) is 7.77. The van der Waals surface area contributed by atoms with E-state index in [4.69, 9.17) is 9.84 Å². The van der Waals surface area contributed by atoms with Gasteiger partial charge >= 0.3 is 5.97 Å². The topological polar surface area (TPSA) is 67.6 Å². The first kappa shape index (κ1) is 11.3. The quantitative estimate of drug-likeness (QED) is 0.752. The van der Waals surface area contributed by atoms with Crippen molar-refractivity contribution < 1.29 is 14.6 Å². The monoisotopic (exact) mass is 243 g/mol.